The number of carbonyl (C=O) groups excluding carboxylic acids is 1. The van der Waals surface area contributed by atoms with Crippen molar-refractivity contribution in [2.75, 3.05) is 20.1 Å². The van der Waals surface area contributed by atoms with Crippen molar-refractivity contribution in [2.24, 2.45) is 0 Å². The first kappa shape index (κ1) is 20.5. The molecule has 4 aromatic carbocycles. The van der Waals surface area contributed by atoms with Crippen LogP contribution in [-0.2, 0) is 13.1 Å². The van der Waals surface area contributed by atoms with Gasteiger partial charge in [-0.15, -0.1) is 0 Å². The number of rotatable bonds is 6. The number of amides is 1. The van der Waals surface area contributed by atoms with Crippen molar-refractivity contribution < 1.29 is 4.79 Å². The fourth-order valence-corrected chi connectivity index (χ4v) is 4.22. The molecule has 5 rings (SSSR count). The molecule has 1 fully saturated rings. The van der Waals surface area contributed by atoms with Gasteiger partial charge in [-0.3, -0.25) is 9.69 Å². The van der Waals surface area contributed by atoms with Crippen molar-refractivity contribution in [3.8, 4) is 11.1 Å². The molecule has 0 atom stereocenters. The lowest BCUT2D eigenvalue weighted by Crippen LogP contribution is -2.26. The van der Waals surface area contributed by atoms with Gasteiger partial charge in [0.25, 0.3) is 5.91 Å². The Morgan fingerprint density at radius 2 is 1.56 bits per heavy atom. The highest BCUT2D eigenvalue weighted by atomic mass is 16.2. The van der Waals surface area contributed by atoms with Gasteiger partial charge in [0.15, 0.2) is 0 Å². The highest BCUT2D eigenvalue weighted by Gasteiger charge is 2.17. The average molecular weight is 421 g/mol. The van der Waals surface area contributed by atoms with Crippen LogP contribution in [0.4, 0.5) is 0 Å². The molecule has 1 amide bonds. The number of benzene rings is 4. The Bertz CT molecular complexity index is 1250. The topological polar surface area (TPSA) is 23.3 Å². The number of aryl methyl sites for hydroxylation is 1. The van der Waals surface area contributed by atoms with Crippen LogP contribution in [0.15, 0.2) is 84.9 Å². The zero-order valence-corrected chi connectivity index (χ0v) is 18.7. The molecule has 0 radical (unpaired) electrons. The minimum Gasteiger partial charge on any atom is -0.337 e. The summed E-state index contributed by atoms with van der Waals surface area (Å²) in [5, 5.41) is 2.46. The molecular formula is C29H28N2O. The summed E-state index contributed by atoms with van der Waals surface area (Å²) in [6.07, 6.45) is 0. The van der Waals surface area contributed by atoms with E-state index in [1.807, 2.05) is 31.3 Å². The van der Waals surface area contributed by atoms with Gasteiger partial charge in [0, 0.05) is 38.8 Å². The van der Waals surface area contributed by atoms with E-state index in [0.717, 1.165) is 17.7 Å². The zero-order valence-electron chi connectivity index (χ0n) is 18.7. The maximum atomic E-state index is 13.1. The summed E-state index contributed by atoms with van der Waals surface area (Å²) in [5.41, 5.74) is 6.77. The van der Waals surface area contributed by atoms with Crippen molar-refractivity contribution in [3.63, 3.8) is 0 Å². The van der Waals surface area contributed by atoms with Crippen molar-refractivity contribution >= 4 is 16.7 Å². The van der Waals surface area contributed by atoms with Crippen LogP contribution < -0.4 is 0 Å². The smallest absolute Gasteiger partial charge is 0.253 e. The van der Waals surface area contributed by atoms with Crippen LogP contribution in [0.1, 0.15) is 27.0 Å². The van der Waals surface area contributed by atoms with E-state index in [1.165, 1.54) is 40.6 Å². The number of hydrogen-bond donors (Lipinski definition) is 0. The molecule has 0 N–H and O–H groups in total. The molecule has 3 heteroatoms. The third-order valence-electron chi connectivity index (χ3n) is 6.25. The molecular weight excluding hydrogens is 392 g/mol. The van der Waals surface area contributed by atoms with Crippen molar-refractivity contribution in [1.29, 1.82) is 0 Å². The summed E-state index contributed by atoms with van der Waals surface area (Å²) in [6, 6.07) is 29.4. The lowest BCUT2D eigenvalue weighted by molar-refractivity contribution is 0.0785. The molecule has 0 spiro atoms. The van der Waals surface area contributed by atoms with Crippen LogP contribution in [0.3, 0.4) is 0 Å². The van der Waals surface area contributed by atoms with Gasteiger partial charge in [0.1, 0.15) is 0 Å². The largest absolute Gasteiger partial charge is 0.337 e. The van der Waals surface area contributed by atoms with Crippen LogP contribution in [-0.4, -0.2) is 35.8 Å². The summed E-state index contributed by atoms with van der Waals surface area (Å²) in [4.78, 5) is 17.3. The molecule has 0 aliphatic carbocycles. The van der Waals surface area contributed by atoms with Gasteiger partial charge in [-0.05, 0) is 58.1 Å². The SMILES string of the molecule is Cc1ccc(-c2ccc(C(=O)N(C)Cc3cccc4cc(CN5CC5)ccc34)cc2)cc1. The van der Waals surface area contributed by atoms with Gasteiger partial charge < -0.3 is 4.90 Å². The highest BCUT2D eigenvalue weighted by molar-refractivity contribution is 5.95. The maximum Gasteiger partial charge on any atom is 0.253 e. The van der Waals surface area contributed by atoms with E-state index in [9.17, 15) is 4.79 Å². The van der Waals surface area contributed by atoms with E-state index in [1.54, 1.807) is 4.90 Å². The molecule has 32 heavy (non-hydrogen) atoms. The predicted octanol–water partition coefficient (Wildman–Crippen LogP) is 5.90. The Morgan fingerprint density at radius 1 is 0.875 bits per heavy atom. The van der Waals surface area contributed by atoms with Crippen LogP contribution in [0.25, 0.3) is 21.9 Å². The predicted molar refractivity (Wildman–Crippen MR) is 132 cm³/mol. The zero-order chi connectivity index (χ0) is 22.1. The van der Waals surface area contributed by atoms with Gasteiger partial charge in [-0.25, -0.2) is 0 Å². The Balaban J connectivity index is 1.32. The van der Waals surface area contributed by atoms with E-state index in [4.69, 9.17) is 0 Å². The number of carbonyl (C=O) groups is 1. The molecule has 160 valence electrons. The van der Waals surface area contributed by atoms with Crippen LogP contribution >= 0.6 is 0 Å². The Hall–Kier alpha value is -3.43. The molecule has 0 unspecified atom stereocenters. The van der Waals surface area contributed by atoms with E-state index < -0.39 is 0 Å². The third kappa shape index (κ3) is 4.44. The molecule has 0 saturated carbocycles. The van der Waals surface area contributed by atoms with E-state index in [0.29, 0.717) is 12.1 Å². The lowest BCUT2D eigenvalue weighted by atomic mass is 10.0. The number of fused-ring (bicyclic) bond motifs is 1. The van der Waals surface area contributed by atoms with Gasteiger partial charge in [-0.2, -0.15) is 0 Å². The Morgan fingerprint density at radius 3 is 2.25 bits per heavy atom. The molecule has 4 aromatic rings. The second-order valence-corrected chi connectivity index (χ2v) is 8.85. The number of hydrogen-bond acceptors (Lipinski definition) is 2. The third-order valence-corrected chi connectivity index (χ3v) is 6.25. The molecule has 0 bridgehead atoms. The van der Waals surface area contributed by atoms with Crippen LogP contribution in [0.5, 0.6) is 0 Å². The molecule has 0 aromatic heterocycles. The molecule has 1 heterocycles. The first-order valence-electron chi connectivity index (χ1n) is 11.2. The average Bonchev–Trinajstić information content (AvgIpc) is 3.63. The molecule has 1 aliphatic rings. The second kappa shape index (κ2) is 8.60. The number of nitrogens with zero attached hydrogens (tertiary/aromatic N) is 2. The van der Waals surface area contributed by atoms with Crippen molar-refractivity contribution in [1.82, 2.24) is 9.80 Å². The monoisotopic (exact) mass is 420 g/mol. The summed E-state index contributed by atoms with van der Waals surface area (Å²) >= 11 is 0. The first-order valence-corrected chi connectivity index (χ1v) is 11.2. The van der Waals surface area contributed by atoms with Crippen molar-refractivity contribution in [2.45, 2.75) is 20.0 Å². The molecule has 3 nitrogen and oxygen atoms in total. The normalized spacial score (nSPS) is 13.3. The Labute approximate surface area is 189 Å². The van der Waals surface area contributed by atoms with Gasteiger partial charge >= 0.3 is 0 Å². The summed E-state index contributed by atoms with van der Waals surface area (Å²) in [7, 11) is 1.88. The van der Waals surface area contributed by atoms with E-state index in [-0.39, 0.29) is 5.91 Å². The molecule has 1 saturated heterocycles. The molecule has 1 aliphatic heterocycles. The van der Waals surface area contributed by atoms with E-state index in [2.05, 4.69) is 72.5 Å². The van der Waals surface area contributed by atoms with E-state index >= 15 is 0 Å². The minimum atomic E-state index is 0.0376. The minimum absolute atomic E-state index is 0.0376. The quantitative estimate of drug-likeness (QED) is 0.362. The van der Waals surface area contributed by atoms with Crippen LogP contribution in [0.2, 0.25) is 0 Å². The fraction of sp³-hybridized carbons (Fsp3) is 0.207. The summed E-state index contributed by atoms with van der Waals surface area (Å²) < 4.78 is 0. The highest BCUT2D eigenvalue weighted by Crippen LogP contribution is 2.24. The van der Waals surface area contributed by atoms with Gasteiger partial charge in [0.05, 0.1) is 0 Å². The summed E-state index contributed by atoms with van der Waals surface area (Å²) in [5.74, 6) is 0.0376. The van der Waals surface area contributed by atoms with Gasteiger partial charge in [-0.1, -0.05) is 72.3 Å². The summed E-state index contributed by atoms with van der Waals surface area (Å²) in [6.45, 7) is 6.11. The fourth-order valence-electron chi connectivity index (χ4n) is 4.22. The van der Waals surface area contributed by atoms with Gasteiger partial charge in [0.2, 0.25) is 0 Å². The first-order chi connectivity index (χ1) is 15.6. The second-order valence-electron chi connectivity index (χ2n) is 8.85. The lowest BCUT2D eigenvalue weighted by Gasteiger charge is -2.19. The van der Waals surface area contributed by atoms with Crippen LogP contribution in [0, 0.1) is 6.92 Å². The standard InChI is InChI=1S/C29H28N2O/c1-21-6-9-23(10-7-21)24-11-13-25(14-12-24)29(32)30(2)20-27-5-3-4-26-18-22(8-15-28(26)27)19-31-16-17-31/h3-15,18H,16-17,19-20H2,1-2H3. The maximum absolute atomic E-state index is 13.1. The van der Waals surface area contributed by atoms with Crippen molar-refractivity contribution in [3.05, 3.63) is 107 Å². The Kier molecular flexibility index (Phi) is 5.50.